The van der Waals surface area contributed by atoms with Gasteiger partial charge >= 0.3 is 12.1 Å². The van der Waals surface area contributed by atoms with Gasteiger partial charge in [-0.2, -0.15) is 0 Å². The Morgan fingerprint density at radius 1 is 1.05 bits per heavy atom. The van der Waals surface area contributed by atoms with E-state index in [-0.39, 0.29) is 29.9 Å². The summed E-state index contributed by atoms with van der Waals surface area (Å²) in [6.45, 7) is 14.6. The monoisotopic (exact) mass is 538 g/mol. The molecule has 10 nitrogen and oxygen atoms in total. The molecule has 0 bridgehead atoms. The third-order valence-corrected chi connectivity index (χ3v) is 6.81. The van der Waals surface area contributed by atoms with Gasteiger partial charge in [0, 0.05) is 30.7 Å². The van der Waals surface area contributed by atoms with E-state index in [1.54, 1.807) is 28.6 Å². The van der Waals surface area contributed by atoms with Crippen LogP contribution in [0.4, 0.5) is 4.79 Å². The molecule has 0 heterocycles. The Kier molecular flexibility index (Phi) is 12.5. The molecule has 1 saturated carbocycles. The largest absolute Gasteiger partial charge is 0.453 e. The standard InChI is InChI=1S/C27H47BN2O8/c1-9-21(32)36-18-38-25(4,5)20(31)13-11-10-12-14-37-27(7,28)22(33)29-19-15-24(2,3)17-26(6,16-19)30-23(34)35-8/h9,19H,1,10-18,28H2,2-8H3,(H,29,33)(H,30,34). The Morgan fingerprint density at radius 2 is 1.71 bits per heavy atom. The average molecular weight is 538 g/mol. The first-order chi connectivity index (χ1) is 17.5. The van der Waals surface area contributed by atoms with Gasteiger partial charge < -0.3 is 29.6 Å². The van der Waals surface area contributed by atoms with Crippen LogP contribution in [0.3, 0.4) is 0 Å². The average Bonchev–Trinajstić information content (AvgIpc) is 2.78. The topological polar surface area (TPSA) is 129 Å². The highest BCUT2D eigenvalue weighted by molar-refractivity contribution is 6.27. The Hall–Kier alpha value is -2.40. The number of ketones is 1. The van der Waals surface area contributed by atoms with Crippen molar-refractivity contribution < 1.29 is 38.1 Å². The van der Waals surface area contributed by atoms with Crippen LogP contribution in [0.15, 0.2) is 12.7 Å². The molecule has 0 aliphatic heterocycles. The highest BCUT2D eigenvalue weighted by Crippen LogP contribution is 2.41. The van der Waals surface area contributed by atoms with E-state index < -0.39 is 28.7 Å². The number of hydrogen-bond donors (Lipinski definition) is 2. The first-order valence-electron chi connectivity index (χ1n) is 13.2. The zero-order chi connectivity index (χ0) is 29.2. The smallest absolute Gasteiger partial charge is 0.407 e. The van der Waals surface area contributed by atoms with Gasteiger partial charge in [0.15, 0.2) is 20.4 Å². The fourth-order valence-electron chi connectivity index (χ4n) is 4.97. The van der Waals surface area contributed by atoms with Crippen LogP contribution in [-0.2, 0) is 33.3 Å². The van der Waals surface area contributed by atoms with E-state index in [0.717, 1.165) is 25.3 Å². The number of carbonyl (C=O) groups excluding carboxylic acids is 4. The summed E-state index contributed by atoms with van der Waals surface area (Å²) in [5, 5.41) is 6.05. The molecule has 2 amide bonds. The lowest BCUT2D eigenvalue weighted by molar-refractivity contribution is -0.171. The number of Topliss-reactive ketones (excluding diaryl/α,β-unsaturated/α-hetero) is 1. The molecule has 38 heavy (non-hydrogen) atoms. The molecule has 1 rings (SSSR count). The SMILES string of the molecule is BC(C)(OCCCCCC(=O)C(C)(C)OCOC(=O)C=C)C(=O)NC1CC(C)(C)CC(C)(NC(=O)OC)C1. The number of carbonyl (C=O) groups is 4. The molecule has 3 unspecified atom stereocenters. The summed E-state index contributed by atoms with van der Waals surface area (Å²) in [6, 6.07) is -0.117. The number of methoxy groups -OCH3 is 1. The maximum Gasteiger partial charge on any atom is 0.407 e. The highest BCUT2D eigenvalue weighted by atomic mass is 16.7. The van der Waals surface area contributed by atoms with E-state index in [2.05, 4.69) is 31.1 Å². The van der Waals surface area contributed by atoms with Crippen molar-refractivity contribution in [2.75, 3.05) is 20.5 Å². The molecule has 216 valence electrons. The van der Waals surface area contributed by atoms with Gasteiger partial charge in [-0.15, -0.1) is 0 Å². The number of alkyl carbamates (subject to hydrolysis) is 1. The van der Waals surface area contributed by atoms with Gasteiger partial charge in [-0.3, -0.25) is 9.59 Å². The van der Waals surface area contributed by atoms with Crippen molar-refractivity contribution in [1.29, 1.82) is 0 Å². The second-order valence-corrected chi connectivity index (χ2v) is 12.1. The second kappa shape index (κ2) is 14.1. The molecule has 0 aromatic rings. The van der Waals surface area contributed by atoms with E-state index in [9.17, 15) is 19.2 Å². The first-order valence-corrected chi connectivity index (χ1v) is 13.2. The molecular formula is C27H47BN2O8. The fourth-order valence-corrected chi connectivity index (χ4v) is 4.97. The lowest BCUT2D eigenvalue weighted by atomic mass is 9.66. The van der Waals surface area contributed by atoms with E-state index in [1.165, 1.54) is 7.11 Å². The summed E-state index contributed by atoms with van der Waals surface area (Å²) >= 11 is 0. The van der Waals surface area contributed by atoms with Gasteiger partial charge in [-0.05, 0) is 65.2 Å². The second-order valence-electron chi connectivity index (χ2n) is 12.1. The van der Waals surface area contributed by atoms with E-state index in [0.29, 0.717) is 32.3 Å². The van der Waals surface area contributed by atoms with E-state index >= 15 is 0 Å². The number of hydrogen-bond acceptors (Lipinski definition) is 8. The van der Waals surface area contributed by atoms with Crippen LogP contribution in [0.25, 0.3) is 0 Å². The lowest BCUT2D eigenvalue weighted by Crippen LogP contribution is -2.59. The minimum atomic E-state index is -1.06. The van der Waals surface area contributed by atoms with Crippen LogP contribution in [0.2, 0.25) is 0 Å². The third-order valence-electron chi connectivity index (χ3n) is 6.81. The molecule has 0 aromatic heterocycles. The summed E-state index contributed by atoms with van der Waals surface area (Å²) in [6.07, 6.45) is 5.12. The molecule has 1 fully saturated rings. The zero-order valence-electron chi connectivity index (χ0n) is 24.5. The number of rotatable bonds is 15. The summed E-state index contributed by atoms with van der Waals surface area (Å²) in [7, 11) is 3.08. The van der Waals surface area contributed by atoms with Gasteiger partial charge in [0.2, 0.25) is 5.91 Å². The molecule has 3 atom stereocenters. The molecular weight excluding hydrogens is 491 g/mol. The summed E-state index contributed by atoms with van der Waals surface area (Å²) < 4.78 is 20.9. The molecule has 11 heteroatoms. The molecule has 0 radical (unpaired) electrons. The molecule has 1 aliphatic rings. The van der Waals surface area contributed by atoms with Gasteiger partial charge in [0.25, 0.3) is 0 Å². The Labute approximate surface area is 228 Å². The summed E-state index contributed by atoms with van der Waals surface area (Å²) in [5.74, 6) is -0.898. The Morgan fingerprint density at radius 3 is 2.32 bits per heavy atom. The molecule has 2 N–H and O–H groups in total. The number of unbranched alkanes of at least 4 members (excludes halogenated alkanes) is 2. The van der Waals surface area contributed by atoms with Crippen LogP contribution in [0.1, 0.15) is 86.5 Å². The van der Waals surface area contributed by atoms with Gasteiger partial charge in [-0.1, -0.05) is 26.8 Å². The van der Waals surface area contributed by atoms with Crippen molar-refractivity contribution in [3.05, 3.63) is 12.7 Å². The van der Waals surface area contributed by atoms with Crippen LogP contribution in [0, 0.1) is 5.41 Å². The van der Waals surface area contributed by atoms with Gasteiger partial charge in [0.1, 0.15) is 11.1 Å². The Bertz CT molecular complexity index is 858. The highest BCUT2D eigenvalue weighted by Gasteiger charge is 2.44. The quantitative estimate of drug-likeness (QED) is 0.107. The van der Waals surface area contributed by atoms with E-state index in [1.807, 2.05) is 6.92 Å². The molecule has 0 spiro atoms. The van der Waals surface area contributed by atoms with Crippen LogP contribution in [0.5, 0.6) is 0 Å². The predicted molar refractivity (Wildman–Crippen MR) is 146 cm³/mol. The zero-order valence-corrected chi connectivity index (χ0v) is 24.5. The summed E-state index contributed by atoms with van der Waals surface area (Å²) in [5.41, 5.74) is -2.66. The van der Waals surface area contributed by atoms with E-state index in [4.69, 9.17) is 18.9 Å². The summed E-state index contributed by atoms with van der Waals surface area (Å²) in [4.78, 5) is 48.4. The molecule has 1 aliphatic carbocycles. The Balaban J connectivity index is 2.45. The number of amides is 2. The van der Waals surface area contributed by atoms with Crippen molar-refractivity contribution in [3.63, 3.8) is 0 Å². The van der Waals surface area contributed by atoms with Crippen molar-refractivity contribution in [2.45, 2.75) is 109 Å². The number of esters is 1. The lowest BCUT2D eigenvalue weighted by Gasteiger charge is -2.47. The van der Waals surface area contributed by atoms with Crippen LogP contribution in [-0.4, -0.2) is 74.8 Å². The maximum absolute atomic E-state index is 13.1. The van der Waals surface area contributed by atoms with Crippen LogP contribution < -0.4 is 10.6 Å². The van der Waals surface area contributed by atoms with Gasteiger partial charge in [0.05, 0.1) is 7.11 Å². The van der Waals surface area contributed by atoms with Crippen LogP contribution >= 0.6 is 0 Å². The maximum atomic E-state index is 13.1. The predicted octanol–water partition coefficient (Wildman–Crippen LogP) is 2.77. The number of ether oxygens (including phenoxy) is 4. The molecule has 0 saturated heterocycles. The molecule has 0 aromatic carbocycles. The minimum absolute atomic E-state index is 0.0793. The van der Waals surface area contributed by atoms with Crippen molar-refractivity contribution >= 4 is 31.6 Å². The fraction of sp³-hybridized carbons (Fsp3) is 0.778. The normalized spacial score (nSPS) is 22.4. The minimum Gasteiger partial charge on any atom is -0.453 e. The van der Waals surface area contributed by atoms with Crippen molar-refractivity contribution in [3.8, 4) is 0 Å². The van der Waals surface area contributed by atoms with Crippen molar-refractivity contribution in [2.24, 2.45) is 5.41 Å². The number of nitrogens with one attached hydrogen (secondary N) is 2. The first kappa shape index (κ1) is 33.6. The third kappa shape index (κ3) is 11.6. The van der Waals surface area contributed by atoms with Crippen molar-refractivity contribution in [1.82, 2.24) is 10.6 Å². The van der Waals surface area contributed by atoms with Gasteiger partial charge in [-0.25, -0.2) is 9.59 Å².